The zero-order valence-corrected chi connectivity index (χ0v) is 14.5. The molecule has 9 heteroatoms. The van der Waals surface area contributed by atoms with Crippen molar-refractivity contribution in [2.45, 2.75) is 26.3 Å². The number of imide groups is 2. The number of carbonyl (C=O) groups excluding carboxylic acids is 3. The number of urea groups is 1. The number of ether oxygens (including phenoxy) is 1. The fourth-order valence-corrected chi connectivity index (χ4v) is 2.60. The lowest BCUT2D eigenvalue weighted by Crippen LogP contribution is -2.33. The first-order chi connectivity index (χ1) is 12.6. The van der Waals surface area contributed by atoms with E-state index in [1.165, 1.54) is 7.11 Å². The van der Waals surface area contributed by atoms with E-state index in [1.54, 1.807) is 24.3 Å². The highest BCUT2D eigenvalue weighted by molar-refractivity contribution is 6.44. The Morgan fingerprint density at radius 1 is 1.12 bits per heavy atom. The number of unbranched alkanes of at least 4 members (excludes halogenated alkanes) is 1. The summed E-state index contributed by atoms with van der Waals surface area (Å²) in [7, 11) is 1.53. The molecule has 1 aromatic heterocycles. The number of nitrogens with zero attached hydrogens (tertiary/aromatic N) is 4. The summed E-state index contributed by atoms with van der Waals surface area (Å²) in [5.74, 6) is -0.825. The molecular weight excluding hydrogens is 340 g/mol. The molecule has 1 aliphatic heterocycles. The highest BCUT2D eigenvalue weighted by Crippen LogP contribution is 2.27. The van der Waals surface area contributed by atoms with E-state index in [9.17, 15) is 14.4 Å². The van der Waals surface area contributed by atoms with Gasteiger partial charge in [-0.1, -0.05) is 30.6 Å². The second-order valence-electron chi connectivity index (χ2n) is 5.70. The molecule has 136 valence electrons. The third-order valence-corrected chi connectivity index (χ3v) is 3.98. The first-order valence-electron chi connectivity index (χ1n) is 8.20. The fourth-order valence-electron chi connectivity index (χ4n) is 2.60. The van der Waals surface area contributed by atoms with Crippen molar-refractivity contribution in [2.24, 2.45) is 0 Å². The topological polar surface area (TPSA) is 106 Å². The van der Waals surface area contributed by atoms with Crippen molar-refractivity contribution in [2.75, 3.05) is 13.7 Å². The maximum Gasteiger partial charge on any atom is 0.334 e. The molecule has 0 aliphatic carbocycles. The monoisotopic (exact) mass is 358 g/mol. The minimum Gasteiger partial charge on any atom is -0.496 e. The standard InChI is InChI=1S/C17H18N4O5/c1-3-4-9-20-15(22)16(23)21(17(20)24)10-13-18-14(19-26-13)11-7-5-6-8-12(11)25-2/h5-8H,3-4,9-10H2,1-2H3. The number of rotatable bonds is 7. The van der Waals surface area contributed by atoms with Crippen molar-refractivity contribution in [3.8, 4) is 17.1 Å². The molecule has 0 radical (unpaired) electrons. The second kappa shape index (κ2) is 7.34. The summed E-state index contributed by atoms with van der Waals surface area (Å²) in [4.78, 5) is 42.3. The second-order valence-corrected chi connectivity index (χ2v) is 5.70. The molecule has 3 rings (SSSR count). The van der Waals surface area contributed by atoms with Gasteiger partial charge in [0.1, 0.15) is 12.3 Å². The van der Waals surface area contributed by atoms with E-state index < -0.39 is 17.8 Å². The van der Waals surface area contributed by atoms with E-state index in [4.69, 9.17) is 9.26 Å². The molecule has 0 unspecified atom stereocenters. The molecule has 1 aromatic carbocycles. The Hall–Kier alpha value is -3.23. The lowest BCUT2D eigenvalue weighted by atomic mass is 10.2. The third-order valence-electron chi connectivity index (χ3n) is 3.98. The van der Waals surface area contributed by atoms with Crippen LogP contribution in [0.15, 0.2) is 28.8 Å². The van der Waals surface area contributed by atoms with Crippen LogP contribution < -0.4 is 4.74 Å². The number of methoxy groups -OCH3 is 1. The maximum absolute atomic E-state index is 12.3. The first-order valence-corrected chi connectivity index (χ1v) is 8.20. The third kappa shape index (κ3) is 3.15. The van der Waals surface area contributed by atoms with Gasteiger partial charge in [0, 0.05) is 6.54 Å². The zero-order valence-electron chi connectivity index (χ0n) is 14.5. The van der Waals surface area contributed by atoms with Crippen molar-refractivity contribution in [3.63, 3.8) is 0 Å². The molecular formula is C17H18N4O5. The van der Waals surface area contributed by atoms with Gasteiger partial charge >= 0.3 is 17.8 Å². The summed E-state index contributed by atoms with van der Waals surface area (Å²) in [6.45, 7) is 1.89. The SMILES string of the molecule is CCCCN1C(=O)C(=O)N(Cc2nc(-c3ccccc3OC)no2)C1=O. The minimum absolute atomic E-state index is 0.0535. The largest absolute Gasteiger partial charge is 0.496 e. The molecule has 26 heavy (non-hydrogen) atoms. The van der Waals surface area contributed by atoms with Gasteiger partial charge in [0.2, 0.25) is 11.7 Å². The number of hydrogen-bond donors (Lipinski definition) is 0. The molecule has 2 heterocycles. The minimum atomic E-state index is -0.886. The maximum atomic E-state index is 12.3. The predicted octanol–water partition coefficient (Wildman–Crippen LogP) is 1.84. The van der Waals surface area contributed by atoms with Crippen molar-refractivity contribution < 1.29 is 23.6 Å². The van der Waals surface area contributed by atoms with E-state index in [0.717, 1.165) is 16.2 Å². The van der Waals surface area contributed by atoms with Gasteiger partial charge < -0.3 is 9.26 Å². The molecule has 1 saturated heterocycles. The molecule has 2 aromatic rings. The van der Waals surface area contributed by atoms with E-state index in [0.29, 0.717) is 17.7 Å². The number of amides is 4. The van der Waals surface area contributed by atoms with Crippen LogP contribution in [0.1, 0.15) is 25.7 Å². The quantitative estimate of drug-likeness (QED) is 0.549. The average Bonchev–Trinajstić information content (AvgIpc) is 3.20. The summed E-state index contributed by atoms with van der Waals surface area (Å²) in [5.41, 5.74) is 0.615. The predicted molar refractivity (Wildman–Crippen MR) is 88.9 cm³/mol. The Morgan fingerprint density at radius 3 is 2.58 bits per heavy atom. The molecule has 0 saturated carbocycles. The summed E-state index contributed by atoms with van der Waals surface area (Å²) in [5, 5.41) is 3.86. The smallest absolute Gasteiger partial charge is 0.334 e. The Bertz CT molecular complexity index is 847. The number of benzene rings is 1. The average molecular weight is 358 g/mol. The van der Waals surface area contributed by atoms with Crippen LogP contribution in [0.2, 0.25) is 0 Å². The molecule has 1 aliphatic rings. The summed E-state index contributed by atoms with van der Waals surface area (Å²) in [6.07, 6.45) is 1.44. The van der Waals surface area contributed by atoms with Crippen molar-refractivity contribution >= 4 is 17.8 Å². The lowest BCUT2D eigenvalue weighted by Gasteiger charge is -2.13. The van der Waals surface area contributed by atoms with Crippen LogP contribution in [0.25, 0.3) is 11.4 Å². The fraction of sp³-hybridized carbons (Fsp3) is 0.353. The molecule has 4 amide bonds. The molecule has 9 nitrogen and oxygen atoms in total. The van der Waals surface area contributed by atoms with E-state index in [-0.39, 0.29) is 24.8 Å². The highest BCUT2D eigenvalue weighted by atomic mass is 16.5. The van der Waals surface area contributed by atoms with Gasteiger partial charge in [-0.05, 0) is 18.6 Å². The van der Waals surface area contributed by atoms with Gasteiger partial charge in [-0.15, -0.1) is 0 Å². The van der Waals surface area contributed by atoms with Gasteiger partial charge in [0.05, 0.1) is 12.7 Å². The Balaban J connectivity index is 1.78. The summed E-state index contributed by atoms with van der Waals surface area (Å²) in [6, 6.07) is 6.46. The van der Waals surface area contributed by atoms with Gasteiger partial charge in [-0.25, -0.2) is 9.69 Å². The van der Waals surface area contributed by atoms with Crippen LogP contribution >= 0.6 is 0 Å². The molecule has 0 spiro atoms. The van der Waals surface area contributed by atoms with Gasteiger partial charge in [0.25, 0.3) is 0 Å². The van der Waals surface area contributed by atoms with Gasteiger partial charge in [-0.3, -0.25) is 14.5 Å². The summed E-state index contributed by atoms with van der Waals surface area (Å²) >= 11 is 0. The van der Waals surface area contributed by atoms with Gasteiger partial charge in [0.15, 0.2) is 0 Å². The van der Waals surface area contributed by atoms with Crippen LogP contribution in [-0.4, -0.2) is 51.4 Å². The Kier molecular flexibility index (Phi) is 4.97. The molecule has 0 bridgehead atoms. The van der Waals surface area contributed by atoms with E-state index in [1.807, 2.05) is 6.92 Å². The number of aromatic nitrogens is 2. The zero-order chi connectivity index (χ0) is 18.7. The van der Waals surface area contributed by atoms with Crippen LogP contribution in [-0.2, 0) is 16.1 Å². The molecule has 1 fully saturated rings. The van der Waals surface area contributed by atoms with E-state index >= 15 is 0 Å². The van der Waals surface area contributed by atoms with Crippen molar-refractivity contribution in [1.29, 1.82) is 0 Å². The van der Waals surface area contributed by atoms with Gasteiger partial charge in [-0.2, -0.15) is 4.98 Å². The summed E-state index contributed by atoms with van der Waals surface area (Å²) < 4.78 is 10.4. The van der Waals surface area contributed by atoms with Crippen molar-refractivity contribution in [1.82, 2.24) is 19.9 Å². The van der Waals surface area contributed by atoms with Crippen LogP contribution in [0.4, 0.5) is 4.79 Å². The highest BCUT2D eigenvalue weighted by Gasteiger charge is 2.44. The Labute approximate surface area is 149 Å². The lowest BCUT2D eigenvalue weighted by molar-refractivity contribution is -0.143. The normalized spacial score (nSPS) is 14.5. The number of carbonyl (C=O) groups is 3. The van der Waals surface area contributed by atoms with Crippen molar-refractivity contribution in [3.05, 3.63) is 30.2 Å². The number of hydrogen-bond acceptors (Lipinski definition) is 7. The van der Waals surface area contributed by atoms with Crippen LogP contribution in [0, 0.1) is 0 Å². The Morgan fingerprint density at radius 2 is 1.85 bits per heavy atom. The number of para-hydroxylation sites is 1. The molecule has 0 atom stereocenters. The van der Waals surface area contributed by atoms with E-state index in [2.05, 4.69) is 10.1 Å². The van der Waals surface area contributed by atoms with Crippen LogP contribution in [0.3, 0.4) is 0 Å². The first kappa shape index (κ1) is 17.6. The molecule has 0 N–H and O–H groups in total. The van der Waals surface area contributed by atoms with Crippen LogP contribution in [0.5, 0.6) is 5.75 Å².